The molecule has 0 saturated carbocycles. The monoisotopic (exact) mass is 551 g/mol. The van der Waals surface area contributed by atoms with Crippen LogP contribution in [0.4, 0.5) is 0 Å². The molecular formula is C20H27Br2NO7. The van der Waals surface area contributed by atoms with Crippen molar-refractivity contribution in [3.8, 4) is 11.5 Å². The lowest BCUT2D eigenvalue weighted by Crippen LogP contribution is -2.37. The molecule has 0 radical (unpaired) electrons. The molecule has 3 atom stereocenters. The first kappa shape index (κ1) is 23.8. The number of nitrogens with one attached hydrogen (secondary N) is 1. The molecule has 1 aromatic heterocycles. The molecule has 1 fully saturated rings. The average Bonchev–Trinajstić information content (AvgIpc) is 3.07. The highest BCUT2D eigenvalue weighted by Gasteiger charge is 2.28. The molecule has 0 aliphatic carbocycles. The van der Waals surface area contributed by atoms with Gasteiger partial charge in [0.1, 0.15) is 18.1 Å². The molecule has 10 heteroatoms. The van der Waals surface area contributed by atoms with Crippen molar-refractivity contribution in [1.82, 2.24) is 4.98 Å². The molecule has 3 rings (SSSR count). The van der Waals surface area contributed by atoms with E-state index in [0.29, 0.717) is 57.4 Å². The standard InChI is InChI=1S/C20H27Br2NO7/c1-12-8-13(25)9-17(29-12)30-16-11-23-15-10-14(21)20(19(22)18(15)16)28-7-6-27-5-4-26-3-2-24/h10-13,17,23-25H,2-9H2,1H3. The van der Waals surface area contributed by atoms with Crippen LogP contribution in [0.3, 0.4) is 0 Å². The summed E-state index contributed by atoms with van der Waals surface area (Å²) >= 11 is 7.18. The molecule has 0 spiro atoms. The summed E-state index contributed by atoms with van der Waals surface area (Å²) in [5.74, 6) is 1.27. The maximum absolute atomic E-state index is 9.99. The Morgan fingerprint density at radius 1 is 1.13 bits per heavy atom. The van der Waals surface area contributed by atoms with Gasteiger partial charge in [-0.15, -0.1) is 0 Å². The molecule has 30 heavy (non-hydrogen) atoms. The van der Waals surface area contributed by atoms with Crippen LogP contribution in [0, 0.1) is 0 Å². The topological polar surface area (TPSA) is 102 Å². The first-order valence-electron chi connectivity index (χ1n) is 9.88. The number of aliphatic hydroxyl groups excluding tert-OH is 2. The summed E-state index contributed by atoms with van der Waals surface area (Å²) in [6, 6.07) is 1.92. The lowest BCUT2D eigenvalue weighted by molar-refractivity contribution is -0.169. The highest BCUT2D eigenvalue weighted by molar-refractivity contribution is 9.11. The smallest absolute Gasteiger partial charge is 0.202 e. The Kier molecular flexibility index (Phi) is 9.24. The van der Waals surface area contributed by atoms with E-state index in [9.17, 15) is 5.11 Å². The number of halogens is 2. The number of fused-ring (bicyclic) bond motifs is 1. The van der Waals surface area contributed by atoms with Gasteiger partial charge in [0, 0.05) is 12.6 Å². The molecule has 3 N–H and O–H groups in total. The van der Waals surface area contributed by atoms with E-state index in [1.807, 2.05) is 13.0 Å². The minimum absolute atomic E-state index is 0.00494. The van der Waals surface area contributed by atoms with Crippen LogP contribution >= 0.6 is 31.9 Å². The number of hydrogen-bond donors (Lipinski definition) is 3. The average molecular weight is 553 g/mol. The number of rotatable bonds is 11. The van der Waals surface area contributed by atoms with Crippen LogP contribution < -0.4 is 9.47 Å². The van der Waals surface area contributed by atoms with Crippen molar-refractivity contribution in [2.24, 2.45) is 0 Å². The van der Waals surface area contributed by atoms with Crippen molar-refractivity contribution in [2.75, 3.05) is 39.6 Å². The summed E-state index contributed by atoms with van der Waals surface area (Å²) in [4.78, 5) is 3.19. The van der Waals surface area contributed by atoms with E-state index in [0.717, 1.165) is 19.8 Å². The summed E-state index contributed by atoms with van der Waals surface area (Å²) in [5.41, 5.74) is 0.873. The van der Waals surface area contributed by atoms with Gasteiger partial charge in [-0.1, -0.05) is 0 Å². The molecule has 2 heterocycles. The SMILES string of the molecule is CC1CC(O)CC(Oc2c[nH]c3cc(Br)c(OCCOCCOCCO)c(Br)c23)O1. The number of hydrogen-bond acceptors (Lipinski definition) is 7. The summed E-state index contributed by atoms with van der Waals surface area (Å²) in [7, 11) is 0. The first-order chi connectivity index (χ1) is 14.5. The number of aromatic amines is 1. The van der Waals surface area contributed by atoms with Crippen LogP contribution in [0.25, 0.3) is 10.9 Å². The highest BCUT2D eigenvalue weighted by Crippen LogP contribution is 2.44. The molecule has 1 aliphatic heterocycles. The molecule has 1 aliphatic rings. The number of aromatic nitrogens is 1. The fourth-order valence-electron chi connectivity index (χ4n) is 3.27. The van der Waals surface area contributed by atoms with Crippen LogP contribution in [-0.2, 0) is 14.2 Å². The van der Waals surface area contributed by atoms with Crippen LogP contribution in [-0.4, -0.2) is 73.3 Å². The van der Waals surface area contributed by atoms with E-state index in [1.54, 1.807) is 6.20 Å². The first-order valence-corrected chi connectivity index (χ1v) is 11.5. The Balaban J connectivity index is 1.62. The number of aliphatic hydroxyl groups is 2. The Morgan fingerprint density at radius 2 is 1.87 bits per heavy atom. The van der Waals surface area contributed by atoms with Crippen molar-refractivity contribution < 1.29 is 33.9 Å². The fourth-order valence-corrected chi connectivity index (χ4v) is 4.82. The minimum atomic E-state index is -0.510. The Morgan fingerprint density at radius 3 is 2.60 bits per heavy atom. The van der Waals surface area contributed by atoms with Crippen LogP contribution in [0.15, 0.2) is 21.2 Å². The second-order valence-electron chi connectivity index (χ2n) is 6.99. The van der Waals surface area contributed by atoms with E-state index in [-0.39, 0.29) is 12.7 Å². The summed E-state index contributed by atoms with van der Waals surface area (Å²) in [5, 5.41) is 19.5. The molecule has 2 aromatic rings. The number of H-pyrrole nitrogens is 1. The Bertz CT molecular complexity index is 806. The van der Waals surface area contributed by atoms with E-state index in [4.69, 9.17) is 28.8 Å². The predicted molar refractivity (Wildman–Crippen MR) is 118 cm³/mol. The lowest BCUT2D eigenvalue weighted by Gasteiger charge is -2.31. The molecule has 8 nitrogen and oxygen atoms in total. The van der Waals surface area contributed by atoms with Gasteiger partial charge in [-0.2, -0.15) is 0 Å². The third-order valence-corrected chi connectivity index (χ3v) is 5.92. The van der Waals surface area contributed by atoms with Crippen molar-refractivity contribution in [3.05, 3.63) is 21.2 Å². The third-order valence-electron chi connectivity index (χ3n) is 4.57. The van der Waals surface area contributed by atoms with Gasteiger partial charge in [-0.3, -0.25) is 0 Å². The van der Waals surface area contributed by atoms with Gasteiger partial charge >= 0.3 is 0 Å². The lowest BCUT2D eigenvalue weighted by atomic mass is 10.1. The zero-order valence-electron chi connectivity index (χ0n) is 16.7. The van der Waals surface area contributed by atoms with Crippen molar-refractivity contribution in [3.63, 3.8) is 0 Å². The maximum Gasteiger partial charge on any atom is 0.202 e. The summed E-state index contributed by atoms with van der Waals surface area (Å²) in [6.07, 6.45) is 1.80. The van der Waals surface area contributed by atoms with Crippen molar-refractivity contribution in [2.45, 2.75) is 38.3 Å². The molecule has 0 amide bonds. The fraction of sp³-hybridized carbons (Fsp3) is 0.600. The van der Waals surface area contributed by atoms with E-state index in [1.165, 1.54) is 0 Å². The second-order valence-corrected chi connectivity index (χ2v) is 8.64. The Labute approximate surface area is 192 Å². The normalized spacial score (nSPS) is 21.8. The quantitative estimate of drug-likeness (QED) is 0.367. The van der Waals surface area contributed by atoms with Gasteiger partial charge in [0.15, 0.2) is 0 Å². The van der Waals surface area contributed by atoms with E-state index >= 15 is 0 Å². The van der Waals surface area contributed by atoms with Gasteiger partial charge in [-0.05, 0) is 51.3 Å². The second kappa shape index (κ2) is 11.7. The van der Waals surface area contributed by atoms with Gasteiger partial charge < -0.3 is 38.9 Å². The van der Waals surface area contributed by atoms with Crippen LogP contribution in [0.2, 0.25) is 0 Å². The van der Waals surface area contributed by atoms with Gasteiger partial charge in [0.05, 0.1) is 65.1 Å². The van der Waals surface area contributed by atoms with Gasteiger partial charge in [0.2, 0.25) is 6.29 Å². The molecule has 3 unspecified atom stereocenters. The molecule has 0 bridgehead atoms. The highest BCUT2D eigenvalue weighted by atomic mass is 79.9. The summed E-state index contributed by atoms with van der Waals surface area (Å²) < 4.78 is 29.9. The van der Waals surface area contributed by atoms with Crippen LogP contribution in [0.5, 0.6) is 11.5 Å². The van der Waals surface area contributed by atoms with E-state index < -0.39 is 12.4 Å². The molecular weight excluding hydrogens is 526 g/mol. The van der Waals surface area contributed by atoms with Crippen LogP contribution in [0.1, 0.15) is 19.8 Å². The van der Waals surface area contributed by atoms with Crippen molar-refractivity contribution >= 4 is 42.8 Å². The maximum atomic E-state index is 9.99. The van der Waals surface area contributed by atoms with Crippen molar-refractivity contribution in [1.29, 1.82) is 0 Å². The number of benzene rings is 1. The molecule has 1 aromatic carbocycles. The third kappa shape index (κ3) is 6.32. The zero-order valence-corrected chi connectivity index (χ0v) is 19.9. The predicted octanol–water partition coefficient (Wildman–Crippen LogP) is 3.36. The van der Waals surface area contributed by atoms with Gasteiger partial charge in [-0.25, -0.2) is 0 Å². The van der Waals surface area contributed by atoms with E-state index in [2.05, 4.69) is 36.8 Å². The van der Waals surface area contributed by atoms with Gasteiger partial charge in [0.25, 0.3) is 0 Å². The zero-order chi connectivity index (χ0) is 21.5. The number of ether oxygens (including phenoxy) is 5. The largest absolute Gasteiger partial charge is 0.489 e. The summed E-state index contributed by atoms with van der Waals surface area (Å²) in [6.45, 7) is 3.87. The Hall–Kier alpha value is -0.880. The molecule has 1 saturated heterocycles. The molecule has 168 valence electrons. The minimum Gasteiger partial charge on any atom is -0.489 e.